The lowest BCUT2D eigenvalue weighted by molar-refractivity contribution is -0.146. The van der Waals surface area contributed by atoms with Gasteiger partial charge in [0, 0.05) is 51.1 Å². The minimum atomic E-state index is -0.432. The van der Waals surface area contributed by atoms with E-state index in [0.717, 1.165) is 25.8 Å². The van der Waals surface area contributed by atoms with Crippen LogP contribution in [0.5, 0.6) is 5.88 Å². The van der Waals surface area contributed by atoms with Crippen molar-refractivity contribution in [3.05, 3.63) is 23.9 Å². The van der Waals surface area contributed by atoms with Gasteiger partial charge in [0.2, 0.25) is 11.8 Å². The summed E-state index contributed by atoms with van der Waals surface area (Å²) in [7, 11) is 3.17. The molecule has 3 rings (SSSR count). The van der Waals surface area contributed by atoms with Crippen LogP contribution in [0.25, 0.3) is 0 Å². The van der Waals surface area contributed by atoms with E-state index in [2.05, 4.69) is 4.98 Å². The monoisotopic (exact) mass is 347 g/mol. The van der Waals surface area contributed by atoms with E-state index < -0.39 is 5.41 Å². The molecule has 1 aromatic heterocycles. The van der Waals surface area contributed by atoms with Crippen LogP contribution in [0, 0.1) is 5.41 Å². The summed E-state index contributed by atoms with van der Waals surface area (Å²) in [6.45, 7) is 3.03. The Balaban J connectivity index is 1.71. The molecule has 0 radical (unpaired) electrons. The van der Waals surface area contributed by atoms with Crippen LogP contribution in [0.3, 0.4) is 0 Å². The molecule has 1 aromatic rings. The van der Waals surface area contributed by atoms with E-state index in [-0.39, 0.29) is 11.8 Å². The molecule has 2 aliphatic heterocycles. The summed E-state index contributed by atoms with van der Waals surface area (Å²) >= 11 is 0. The van der Waals surface area contributed by atoms with E-state index in [1.54, 1.807) is 30.3 Å². The van der Waals surface area contributed by atoms with Crippen molar-refractivity contribution in [2.45, 2.75) is 19.3 Å². The number of likely N-dealkylation sites (tertiary alicyclic amines) is 2. The van der Waals surface area contributed by atoms with Crippen molar-refractivity contribution in [3.63, 3.8) is 0 Å². The molecule has 0 aliphatic carbocycles. The average Bonchev–Trinajstić information content (AvgIpc) is 3.07. The van der Waals surface area contributed by atoms with E-state index in [1.807, 2.05) is 4.90 Å². The predicted molar refractivity (Wildman–Crippen MR) is 91.4 cm³/mol. The maximum atomic E-state index is 13.0. The zero-order chi connectivity index (χ0) is 17.9. The SMILES string of the molecule is COCCN1CCC[C@@]2(CCN(C(=O)c3ccnc(OC)c3)C2)C1=O. The average molecular weight is 347 g/mol. The van der Waals surface area contributed by atoms with Crippen molar-refractivity contribution in [1.82, 2.24) is 14.8 Å². The fraction of sp³-hybridized carbons (Fsp3) is 0.611. The normalized spacial score (nSPS) is 23.4. The van der Waals surface area contributed by atoms with Crippen LogP contribution in [0.15, 0.2) is 18.3 Å². The maximum Gasteiger partial charge on any atom is 0.254 e. The summed E-state index contributed by atoms with van der Waals surface area (Å²) in [6, 6.07) is 3.32. The zero-order valence-electron chi connectivity index (χ0n) is 14.9. The number of pyridine rings is 1. The summed E-state index contributed by atoms with van der Waals surface area (Å²) in [5.41, 5.74) is 0.113. The highest BCUT2D eigenvalue weighted by Gasteiger charge is 2.49. The first-order valence-corrected chi connectivity index (χ1v) is 8.67. The van der Waals surface area contributed by atoms with Gasteiger partial charge >= 0.3 is 0 Å². The molecule has 2 saturated heterocycles. The Morgan fingerprint density at radius 2 is 2.16 bits per heavy atom. The van der Waals surface area contributed by atoms with Crippen LogP contribution in [0.1, 0.15) is 29.6 Å². The largest absolute Gasteiger partial charge is 0.481 e. The molecule has 7 heteroatoms. The van der Waals surface area contributed by atoms with E-state index in [0.29, 0.717) is 37.7 Å². The minimum Gasteiger partial charge on any atom is -0.481 e. The molecule has 136 valence electrons. The fourth-order valence-electron chi connectivity index (χ4n) is 3.83. The highest BCUT2D eigenvalue weighted by molar-refractivity contribution is 5.95. The number of methoxy groups -OCH3 is 2. The number of hydrogen-bond acceptors (Lipinski definition) is 5. The van der Waals surface area contributed by atoms with Crippen molar-refractivity contribution >= 4 is 11.8 Å². The third-order valence-corrected chi connectivity index (χ3v) is 5.22. The number of piperidine rings is 1. The predicted octanol–water partition coefficient (Wildman–Crippen LogP) is 1.19. The first-order valence-electron chi connectivity index (χ1n) is 8.67. The van der Waals surface area contributed by atoms with E-state index in [4.69, 9.17) is 9.47 Å². The second kappa shape index (κ2) is 7.39. The lowest BCUT2D eigenvalue weighted by Gasteiger charge is -2.39. The molecule has 0 unspecified atom stereocenters. The topological polar surface area (TPSA) is 72.0 Å². The van der Waals surface area contributed by atoms with Crippen molar-refractivity contribution in [2.75, 3.05) is 47.0 Å². The number of nitrogens with zero attached hydrogens (tertiary/aromatic N) is 3. The second-order valence-corrected chi connectivity index (χ2v) is 6.73. The van der Waals surface area contributed by atoms with E-state index in [9.17, 15) is 9.59 Å². The van der Waals surface area contributed by atoms with Crippen LogP contribution in [-0.4, -0.2) is 73.6 Å². The Morgan fingerprint density at radius 3 is 2.92 bits per heavy atom. The molecule has 2 fully saturated rings. The van der Waals surface area contributed by atoms with Crippen LogP contribution in [-0.2, 0) is 9.53 Å². The molecule has 0 saturated carbocycles. The summed E-state index contributed by atoms with van der Waals surface area (Å²) in [5.74, 6) is 0.511. The Kier molecular flexibility index (Phi) is 5.22. The molecule has 25 heavy (non-hydrogen) atoms. The third kappa shape index (κ3) is 3.46. The fourth-order valence-corrected chi connectivity index (χ4v) is 3.83. The molecular formula is C18H25N3O4. The Labute approximate surface area is 147 Å². The number of hydrogen-bond donors (Lipinski definition) is 0. The maximum absolute atomic E-state index is 13.0. The second-order valence-electron chi connectivity index (χ2n) is 6.73. The zero-order valence-corrected chi connectivity index (χ0v) is 14.9. The van der Waals surface area contributed by atoms with Gasteiger partial charge < -0.3 is 19.3 Å². The smallest absolute Gasteiger partial charge is 0.254 e. The van der Waals surface area contributed by atoms with Gasteiger partial charge in [0.15, 0.2) is 0 Å². The number of ether oxygens (including phenoxy) is 2. The summed E-state index contributed by atoms with van der Waals surface area (Å²) in [6.07, 6.45) is 4.11. The van der Waals surface area contributed by atoms with Gasteiger partial charge in [-0.1, -0.05) is 0 Å². The van der Waals surface area contributed by atoms with Crippen molar-refractivity contribution in [2.24, 2.45) is 5.41 Å². The van der Waals surface area contributed by atoms with Gasteiger partial charge in [-0.25, -0.2) is 4.98 Å². The molecular weight excluding hydrogens is 322 g/mol. The minimum absolute atomic E-state index is 0.0700. The first kappa shape index (κ1) is 17.7. The van der Waals surface area contributed by atoms with Crippen LogP contribution < -0.4 is 4.74 Å². The van der Waals surface area contributed by atoms with Gasteiger partial charge in [0.05, 0.1) is 19.1 Å². The lowest BCUT2D eigenvalue weighted by Crippen LogP contribution is -2.51. The third-order valence-electron chi connectivity index (χ3n) is 5.22. The van der Waals surface area contributed by atoms with E-state index >= 15 is 0 Å². The molecule has 2 amide bonds. The lowest BCUT2D eigenvalue weighted by atomic mass is 9.78. The molecule has 0 aromatic carbocycles. The Hall–Kier alpha value is -2.15. The van der Waals surface area contributed by atoms with Gasteiger partial charge in [-0.3, -0.25) is 9.59 Å². The van der Waals surface area contributed by atoms with Gasteiger partial charge in [0.25, 0.3) is 5.91 Å². The number of carbonyl (C=O) groups excluding carboxylic acids is 2. The molecule has 2 aliphatic rings. The van der Waals surface area contributed by atoms with Crippen LogP contribution >= 0.6 is 0 Å². The van der Waals surface area contributed by atoms with E-state index in [1.165, 1.54) is 7.11 Å². The highest BCUT2D eigenvalue weighted by atomic mass is 16.5. The number of aromatic nitrogens is 1. The van der Waals surface area contributed by atoms with Crippen molar-refractivity contribution in [1.29, 1.82) is 0 Å². The van der Waals surface area contributed by atoms with Gasteiger partial charge in [-0.2, -0.15) is 0 Å². The number of rotatable bonds is 5. The molecule has 7 nitrogen and oxygen atoms in total. The van der Waals surface area contributed by atoms with Crippen molar-refractivity contribution < 1.29 is 19.1 Å². The highest BCUT2D eigenvalue weighted by Crippen LogP contribution is 2.40. The molecule has 0 N–H and O–H groups in total. The van der Waals surface area contributed by atoms with Crippen molar-refractivity contribution in [3.8, 4) is 5.88 Å². The summed E-state index contributed by atoms with van der Waals surface area (Å²) < 4.78 is 10.2. The van der Waals surface area contributed by atoms with Gasteiger partial charge in [-0.15, -0.1) is 0 Å². The number of amides is 2. The van der Waals surface area contributed by atoms with Crippen LogP contribution in [0.4, 0.5) is 0 Å². The standard InChI is InChI=1S/C18H25N3O4/c1-24-11-10-20-8-3-5-18(17(20)23)6-9-21(13-18)16(22)14-4-7-19-15(12-14)25-2/h4,7,12H,3,5-6,8-11,13H2,1-2H3/t18-/m0/s1. The summed E-state index contributed by atoms with van der Waals surface area (Å²) in [5, 5.41) is 0. The van der Waals surface area contributed by atoms with Gasteiger partial charge in [0.1, 0.15) is 0 Å². The summed E-state index contributed by atoms with van der Waals surface area (Å²) in [4.78, 5) is 33.5. The molecule has 0 bridgehead atoms. The first-order chi connectivity index (χ1) is 12.1. The van der Waals surface area contributed by atoms with Gasteiger partial charge in [-0.05, 0) is 25.3 Å². The Bertz CT molecular complexity index is 651. The molecule has 1 atom stereocenters. The quantitative estimate of drug-likeness (QED) is 0.800. The van der Waals surface area contributed by atoms with Crippen LogP contribution in [0.2, 0.25) is 0 Å². The number of carbonyl (C=O) groups is 2. The Morgan fingerprint density at radius 1 is 1.32 bits per heavy atom. The molecule has 3 heterocycles. The molecule has 1 spiro atoms.